The van der Waals surface area contributed by atoms with Gasteiger partial charge in [0.2, 0.25) is 0 Å². The van der Waals surface area contributed by atoms with E-state index >= 15 is 0 Å². The molecule has 158 valence electrons. The number of hydrogen-bond acceptors (Lipinski definition) is 5. The highest BCUT2D eigenvalue weighted by Crippen LogP contribution is 2.28. The first-order valence-electron chi connectivity index (χ1n) is 10.2. The molecular formula is C23H28N4O3. The number of ether oxygens (including phenoxy) is 2. The van der Waals surface area contributed by atoms with Crippen molar-refractivity contribution >= 4 is 22.8 Å². The van der Waals surface area contributed by atoms with Gasteiger partial charge in [-0.3, -0.25) is 0 Å². The Hall–Kier alpha value is -3.35. The molecule has 30 heavy (non-hydrogen) atoms. The van der Waals surface area contributed by atoms with E-state index in [9.17, 15) is 4.79 Å². The Balaban J connectivity index is 1.56. The van der Waals surface area contributed by atoms with Gasteiger partial charge in [-0.1, -0.05) is 6.07 Å². The molecule has 0 saturated carbocycles. The quantitative estimate of drug-likeness (QED) is 0.577. The number of aryl methyl sites for hydroxylation is 2. The summed E-state index contributed by atoms with van der Waals surface area (Å²) in [5.74, 6) is 1.46. The Labute approximate surface area is 176 Å². The smallest absolute Gasteiger partial charge is 0.319 e. The number of amides is 2. The fraction of sp³-hybridized carbons (Fsp3) is 0.348. The largest absolute Gasteiger partial charge is 0.490 e. The summed E-state index contributed by atoms with van der Waals surface area (Å²) < 4.78 is 11.2. The van der Waals surface area contributed by atoms with Gasteiger partial charge in [0.05, 0.1) is 35.6 Å². The van der Waals surface area contributed by atoms with Crippen LogP contribution < -0.4 is 20.1 Å². The highest BCUT2D eigenvalue weighted by Gasteiger charge is 2.08. The lowest BCUT2D eigenvalue weighted by atomic mass is 10.1. The molecule has 7 nitrogen and oxygen atoms in total. The number of nitrogens with one attached hydrogen (secondary N) is 2. The van der Waals surface area contributed by atoms with Crippen LogP contribution in [0.5, 0.6) is 11.5 Å². The second kappa shape index (κ2) is 9.91. The second-order valence-electron chi connectivity index (χ2n) is 6.88. The third-order valence-corrected chi connectivity index (χ3v) is 4.64. The van der Waals surface area contributed by atoms with Crippen molar-refractivity contribution in [2.24, 2.45) is 0 Å². The van der Waals surface area contributed by atoms with Crippen molar-refractivity contribution in [2.45, 2.75) is 34.1 Å². The number of carbonyl (C=O) groups excluding carboxylic acids is 1. The minimum Gasteiger partial charge on any atom is -0.490 e. The molecular weight excluding hydrogens is 380 g/mol. The average Bonchev–Trinajstić information content (AvgIpc) is 2.71. The summed E-state index contributed by atoms with van der Waals surface area (Å²) in [5, 5.41) is 5.73. The maximum atomic E-state index is 12.3. The van der Waals surface area contributed by atoms with E-state index in [0.717, 1.165) is 39.5 Å². The van der Waals surface area contributed by atoms with Crippen LogP contribution in [-0.2, 0) is 6.42 Å². The molecule has 7 heteroatoms. The van der Waals surface area contributed by atoms with Gasteiger partial charge in [-0.15, -0.1) is 0 Å². The normalized spacial score (nSPS) is 10.7. The summed E-state index contributed by atoms with van der Waals surface area (Å²) in [4.78, 5) is 21.3. The summed E-state index contributed by atoms with van der Waals surface area (Å²) in [6.45, 7) is 9.39. The Morgan fingerprint density at radius 1 is 0.900 bits per heavy atom. The number of hydrogen-bond donors (Lipinski definition) is 2. The molecule has 3 rings (SSSR count). The van der Waals surface area contributed by atoms with E-state index in [1.165, 1.54) is 0 Å². The lowest BCUT2D eigenvalue weighted by molar-refractivity contribution is 0.252. The van der Waals surface area contributed by atoms with Crippen LogP contribution in [0.25, 0.3) is 11.0 Å². The van der Waals surface area contributed by atoms with E-state index in [4.69, 9.17) is 9.47 Å². The number of rotatable bonds is 8. The number of anilines is 1. The fourth-order valence-electron chi connectivity index (χ4n) is 3.06. The Morgan fingerprint density at radius 2 is 1.60 bits per heavy atom. The molecule has 0 aliphatic carbocycles. The van der Waals surface area contributed by atoms with Crippen molar-refractivity contribution in [3.05, 3.63) is 53.3 Å². The van der Waals surface area contributed by atoms with E-state index in [2.05, 4.69) is 20.6 Å². The Kier molecular flexibility index (Phi) is 7.06. The third-order valence-electron chi connectivity index (χ3n) is 4.64. The van der Waals surface area contributed by atoms with Gasteiger partial charge in [-0.25, -0.2) is 14.8 Å². The molecule has 0 radical (unpaired) electrons. The maximum absolute atomic E-state index is 12.3. The number of nitrogens with zero attached hydrogens (tertiary/aromatic N) is 2. The van der Waals surface area contributed by atoms with E-state index < -0.39 is 0 Å². The Morgan fingerprint density at radius 3 is 2.33 bits per heavy atom. The van der Waals surface area contributed by atoms with Crippen LogP contribution in [0.3, 0.4) is 0 Å². The van der Waals surface area contributed by atoms with Gasteiger partial charge in [0.25, 0.3) is 0 Å². The lowest BCUT2D eigenvalue weighted by Crippen LogP contribution is -2.30. The van der Waals surface area contributed by atoms with Gasteiger partial charge in [-0.2, -0.15) is 0 Å². The van der Waals surface area contributed by atoms with Crippen molar-refractivity contribution in [3.63, 3.8) is 0 Å². The zero-order valence-electron chi connectivity index (χ0n) is 17.9. The molecule has 0 unspecified atom stereocenters. The van der Waals surface area contributed by atoms with Crippen molar-refractivity contribution in [1.29, 1.82) is 0 Å². The van der Waals surface area contributed by atoms with Crippen molar-refractivity contribution in [1.82, 2.24) is 15.3 Å². The zero-order chi connectivity index (χ0) is 21.5. The van der Waals surface area contributed by atoms with Crippen LogP contribution in [0.1, 0.15) is 30.8 Å². The maximum Gasteiger partial charge on any atom is 0.319 e. The molecule has 0 spiro atoms. The van der Waals surface area contributed by atoms with Gasteiger partial charge in [0.15, 0.2) is 11.5 Å². The first-order valence-corrected chi connectivity index (χ1v) is 10.2. The summed E-state index contributed by atoms with van der Waals surface area (Å²) in [6.07, 6.45) is 0.682. The monoisotopic (exact) mass is 408 g/mol. The standard InChI is InChI=1S/C23H28N4O3/c1-5-29-21-10-7-17(13-22(21)30-6-2)11-12-24-23(28)27-18-8-9-19-20(14-18)26-16(4)15(3)25-19/h7-10,13-14H,5-6,11-12H2,1-4H3,(H2,24,27,28). The molecule has 1 heterocycles. The van der Waals surface area contributed by atoms with Gasteiger partial charge in [-0.05, 0) is 70.0 Å². The Bertz CT molecular complexity index is 1040. The molecule has 0 atom stereocenters. The highest BCUT2D eigenvalue weighted by molar-refractivity contribution is 5.91. The molecule has 2 aromatic carbocycles. The van der Waals surface area contributed by atoms with Gasteiger partial charge < -0.3 is 20.1 Å². The number of fused-ring (bicyclic) bond motifs is 1. The summed E-state index contributed by atoms with van der Waals surface area (Å²) in [5.41, 5.74) is 5.10. The molecule has 0 aliphatic rings. The van der Waals surface area contributed by atoms with Crippen LogP contribution in [0, 0.1) is 13.8 Å². The van der Waals surface area contributed by atoms with Gasteiger partial charge >= 0.3 is 6.03 Å². The predicted octanol–water partition coefficient (Wildman–Crippen LogP) is 4.41. The van der Waals surface area contributed by atoms with E-state index in [-0.39, 0.29) is 6.03 Å². The topological polar surface area (TPSA) is 85.4 Å². The summed E-state index contributed by atoms with van der Waals surface area (Å²) in [7, 11) is 0. The van der Waals surface area contributed by atoms with Gasteiger partial charge in [0.1, 0.15) is 0 Å². The first-order chi connectivity index (χ1) is 14.5. The van der Waals surface area contributed by atoms with Crippen LogP contribution in [0.15, 0.2) is 36.4 Å². The molecule has 0 fully saturated rings. The molecule has 0 aliphatic heterocycles. The predicted molar refractivity (Wildman–Crippen MR) is 119 cm³/mol. The van der Waals surface area contributed by atoms with Crippen molar-refractivity contribution in [3.8, 4) is 11.5 Å². The average molecular weight is 409 g/mol. The van der Waals surface area contributed by atoms with E-state index in [1.807, 2.05) is 64.1 Å². The number of carbonyl (C=O) groups is 1. The van der Waals surface area contributed by atoms with Gasteiger partial charge in [0, 0.05) is 12.2 Å². The first kappa shape index (κ1) is 21.4. The fourth-order valence-corrected chi connectivity index (χ4v) is 3.06. The second-order valence-corrected chi connectivity index (χ2v) is 6.88. The summed E-state index contributed by atoms with van der Waals surface area (Å²) >= 11 is 0. The molecule has 2 N–H and O–H groups in total. The zero-order valence-corrected chi connectivity index (χ0v) is 17.9. The molecule has 0 bridgehead atoms. The van der Waals surface area contributed by atoms with Crippen LogP contribution in [0.2, 0.25) is 0 Å². The molecule has 0 saturated heterocycles. The lowest BCUT2D eigenvalue weighted by Gasteiger charge is -2.13. The minimum atomic E-state index is -0.262. The third kappa shape index (κ3) is 5.37. The number of benzene rings is 2. The van der Waals surface area contributed by atoms with Crippen LogP contribution >= 0.6 is 0 Å². The molecule has 2 amide bonds. The molecule has 1 aromatic heterocycles. The summed E-state index contributed by atoms with van der Waals surface area (Å²) in [6, 6.07) is 11.1. The van der Waals surface area contributed by atoms with E-state index in [1.54, 1.807) is 0 Å². The SMILES string of the molecule is CCOc1ccc(CCNC(=O)Nc2ccc3nc(C)c(C)nc3c2)cc1OCC. The number of aromatic nitrogens is 2. The number of urea groups is 1. The molecule has 3 aromatic rings. The van der Waals surface area contributed by atoms with Crippen LogP contribution in [0.4, 0.5) is 10.5 Å². The highest BCUT2D eigenvalue weighted by atomic mass is 16.5. The minimum absolute atomic E-state index is 0.262. The van der Waals surface area contributed by atoms with E-state index in [0.29, 0.717) is 31.9 Å². The van der Waals surface area contributed by atoms with Crippen molar-refractivity contribution < 1.29 is 14.3 Å². The van der Waals surface area contributed by atoms with Crippen LogP contribution in [-0.4, -0.2) is 35.8 Å². The van der Waals surface area contributed by atoms with Crippen molar-refractivity contribution in [2.75, 3.05) is 25.1 Å².